The largest absolute Gasteiger partial charge is 0.508 e. The number of amides is 9. The smallest absolute Gasteiger partial charge is 0.258 e. The van der Waals surface area contributed by atoms with Crippen LogP contribution in [0, 0.1) is 5.92 Å². The molecule has 1 aromatic heterocycles. The first-order chi connectivity index (χ1) is 66.0. The Morgan fingerprint density at radius 1 is 0.633 bits per heavy atom. The van der Waals surface area contributed by atoms with Gasteiger partial charge in [-0.1, -0.05) is 87.9 Å². The monoisotopic (exact) mass is 1990 g/mol. The second-order valence-corrected chi connectivity index (χ2v) is 36.5. The molecule has 0 unspecified atom stereocenters. The van der Waals surface area contributed by atoms with Gasteiger partial charge in [-0.05, 0) is 128 Å². The summed E-state index contributed by atoms with van der Waals surface area (Å²) in [5.74, 6) is -19.8. The Kier molecular flexibility index (Phi) is 36.0. The van der Waals surface area contributed by atoms with Gasteiger partial charge >= 0.3 is 0 Å². The lowest BCUT2D eigenvalue weighted by Gasteiger charge is -2.48. The number of rotatable bonds is 31. The minimum absolute atomic E-state index is 0.153. The molecular formula is C92H118Cl2N11O34+. The average molecular weight is 1990 g/mol. The van der Waals surface area contributed by atoms with Crippen molar-refractivity contribution in [2.24, 2.45) is 11.7 Å². The van der Waals surface area contributed by atoms with E-state index in [1.54, 1.807) is 33.0 Å². The van der Waals surface area contributed by atoms with Crippen LogP contribution in [-0.2, 0) is 79.9 Å². The first kappa shape index (κ1) is 107. The molecule has 28 N–H and O–H groups in total. The number of fused-ring (bicyclic) bond motifs is 15. The topological polar surface area (TPSA) is 710 Å². The van der Waals surface area contributed by atoms with Gasteiger partial charge in [-0.2, -0.15) is 0 Å². The van der Waals surface area contributed by atoms with E-state index in [9.17, 15) is 101 Å². The lowest BCUT2D eigenvalue weighted by atomic mass is 9.84. The summed E-state index contributed by atoms with van der Waals surface area (Å²) in [5.41, 5.74) is 1.40. The maximum atomic E-state index is 16.5. The lowest BCUT2D eigenvalue weighted by molar-refractivity contribution is -0.697. The predicted octanol–water partition coefficient (Wildman–Crippen LogP) is -2.60. The number of hydrogen-bond donors (Lipinski definition) is 27. The van der Waals surface area contributed by atoms with E-state index in [0.29, 0.717) is 12.1 Å². The molecule has 8 aliphatic heterocycles. The number of halogens is 2. The molecule has 14 rings (SSSR count). The Labute approximate surface area is 805 Å². The van der Waals surface area contributed by atoms with Gasteiger partial charge in [0.25, 0.3) is 11.8 Å². The second-order valence-electron chi connectivity index (χ2n) is 35.7. The molecule has 27 atom stereocenters. The van der Waals surface area contributed by atoms with Gasteiger partial charge < -0.3 is 173 Å². The van der Waals surface area contributed by atoms with Crippen LogP contribution in [0.25, 0.3) is 11.1 Å². The van der Waals surface area contributed by atoms with Crippen LogP contribution < -0.4 is 72.4 Å². The van der Waals surface area contributed by atoms with Crippen LogP contribution in [0.2, 0.25) is 10.0 Å². The van der Waals surface area contributed by atoms with Crippen molar-refractivity contribution in [3.05, 3.63) is 147 Å². The number of nitrogens with two attached hydrogens (primary N) is 1. The van der Waals surface area contributed by atoms with Crippen LogP contribution in [-0.4, -0.2) is 301 Å². The number of aromatic nitrogens is 1. The molecular weight excluding hydrogens is 1870 g/mol. The first-order valence-electron chi connectivity index (χ1n) is 45.1. The van der Waals surface area contributed by atoms with Crippen molar-refractivity contribution in [2.75, 3.05) is 26.9 Å². The summed E-state index contributed by atoms with van der Waals surface area (Å²) >= 11 is 14.4. The van der Waals surface area contributed by atoms with Gasteiger partial charge in [0.05, 0.1) is 54.5 Å². The van der Waals surface area contributed by atoms with Crippen LogP contribution in [0.3, 0.4) is 0 Å². The normalized spacial score (nSPS) is 28.9. The number of phenols is 3. The molecule has 47 heteroatoms. The number of aryl methyl sites for hydroxylation is 1. The number of aliphatic hydroxyl groups excluding tert-OH is 14. The number of nitrogens with one attached hydrogen (secondary N) is 9. The van der Waals surface area contributed by atoms with E-state index in [4.69, 9.17) is 66.8 Å². The highest BCUT2D eigenvalue weighted by Gasteiger charge is 2.54. The summed E-state index contributed by atoms with van der Waals surface area (Å²) < 4.78 is 52.5. The maximum Gasteiger partial charge on any atom is 0.258 e. The average Bonchev–Trinajstić information content (AvgIpc) is 0.762. The number of pyridine rings is 1. The number of aliphatic hydroxyl groups is 14. The second kappa shape index (κ2) is 46.7. The Balaban J connectivity index is 1.00. The van der Waals surface area contributed by atoms with Crippen molar-refractivity contribution in [3.63, 3.8) is 0 Å². The van der Waals surface area contributed by atoms with Gasteiger partial charge in [-0.3, -0.25) is 48.5 Å². The number of hydrogen-bond acceptors (Lipinski definition) is 36. The summed E-state index contributed by atoms with van der Waals surface area (Å²) in [5, 5.41) is 215. The summed E-state index contributed by atoms with van der Waals surface area (Å²) in [6.07, 6.45) is -29.9. The molecule has 8 aliphatic rings. The van der Waals surface area contributed by atoms with Crippen LogP contribution in [0.1, 0.15) is 156 Å². The Morgan fingerprint density at radius 3 is 1.84 bits per heavy atom. The fraction of sp³-hybridized carbons (Fsp3) is 0.522. The zero-order chi connectivity index (χ0) is 101. The molecule has 6 aromatic rings. The maximum absolute atomic E-state index is 16.5. The van der Waals surface area contributed by atoms with Gasteiger partial charge in [0.15, 0.2) is 48.7 Å². The zero-order valence-electron chi connectivity index (χ0n) is 76.1. The molecule has 0 saturated carbocycles. The number of imide groups is 1. The van der Waals surface area contributed by atoms with Gasteiger partial charge in [0.1, 0.15) is 145 Å². The third kappa shape index (κ3) is 24.9. The highest BCUT2D eigenvalue weighted by atomic mass is 35.5. The number of aromatic hydroxyl groups is 3. The molecule has 758 valence electrons. The number of primary amides is 1. The van der Waals surface area contributed by atoms with Crippen LogP contribution in [0.4, 0.5) is 0 Å². The van der Waals surface area contributed by atoms with Crippen LogP contribution in [0.5, 0.6) is 46.0 Å². The molecule has 0 radical (unpaired) electrons. The number of likely N-dealkylation sites (N-methyl/N-ethyl adjacent to an activating group) is 1. The van der Waals surface area contributed by atoms with E-state index in [0.717, 1.165) is 105 Å². The molecule has 3 saturated heterocycles. The van der Waals surface area contributed by atoms with Gasteiger partial charge in [-0.15, -0.1) is 0 Å². The fourth-order valence-electron chi connectivity index (χ4n) is 17.2. The molecule has 0 spiro atoms. The van der Waals surface area contributed by atoms with Gasteiger partial charge in [0.2, 0.25) is 53.4 Å². The summed E-state index contributed by atoms with van der Waals surface area (Å²) in [6.45, 7) is 6.61. The number of ether oxygens (including phenoxy) is 8. The fourth-order valence-corrected chi connectivity index (χ4v) is 17.7. The minimum atomic E-state index is -3.02. The Bertz CT molecular complexity index is 5400. The van der Waals surface area contributed by atoms with Crippen molar-refractivity contribution >= 4 is 76.4 Å². The van der Waals surface area contributed by atoms with Crippen LogP contribution >= 0.6 is 23.2 Å². The molecule has 9 heterocycles. The Morgan fingerprint density at radius 2 is 1.23 bits per heavy atom. The van der Waals surface area contributed by atoms with Gasteiger partial charge in [0, 0.05) is 54.3 Å². The molecule has 5 aromatic carbocycles. The van der Waals surface area contributed by atoms with E-state index >= 15 is 28.8 Å². The van der Waals surface area contributed by atoms with E-state index in [1.807, 2.05) is 24.5 Å². The van der Waals surface area contributed by atoms with E-state index in [1.165, 1.54) is 19.5 Å². The highest BCUT2D eigenvalue weighted by Crippen LogP contribution is 2.51. The SMILES string of the molecule is CCCCCCCC[n+]1ccc(CN[C@@]2(C)C[C@H](O[C@H]3[C@H](Oc4c5cc6cc4Oc4ccc(cc4Cl)[C@@H](O)[C@@H](NC(=O)[C@@H](CC(C)C)NC)C(=O)N[C@@H](CC(N)=O)C(=O)N[C@H]6C(=O)N[C@H]4C(=O)N[C@H](C(=O)N[C@H](C(=O)NC(=O)[C@H](O)[C@@H](O)[C@H](O[C@@H]6O[C@H](CO)[C@@H](O)[C@H](O)[C@H]6O)[C@H](O)CO)c6cc(O)cc(O)c6-c6cc4ccc6O)[C@H](O)c4ccc(c(Cl)c4)O5)O[C@H](CO)[C@@H](O)[C@@H]3O)O[C@@H](C)[C@H]2O)cc1. The number of carbonyl (C=O) groups excluding carboxylic acids is 9. The lowest BCUT2D eigenvalue weighted by Crippen LogP contribution is -2.65. The van der Waals surface area contributed by atoms with Crippen molar-refractivity contribution in [3.8, 4) is 57.1 Å². The number of unbranched alkanes of at least 4 members (excludes halogenated alkanes) is 5. The van der Waals surface area contributed by atoms with Crippen molar-refractivity contribution in [1.82, 2.24) is 47.9 Å². The van der Waals surface area contributed by atoms with Crippen molar-refractivity contribution < 1.29 is 172 Å². The third-order valence-electron chi connectivity index (χ3n) is 25.1. The standard InChI is InChI=1S/C92H117Cl2N11O34/c1-7-8-9-10-11-12-21-105-22-19-40(20-23-105)34-97-92(5)33-62(132-39(4)81(92)123)137-80-74(119)72(117)60(37-108)136-91(80)139-79-57-28-44-29-58(79)134-56-18-15-43(27-49(56)94)70(115)68-88(130)101-66(86(128)104-89(131)76(121)75(120)78(54(112)35-106)138-90-77(122)73(118)71(116)59(36-107)135-90)47-30-45(109)31-53(111)63(47)46-25-41(13-16-52(46)110)64(84(126)103-68)100-85(127)65(44)99-83(125)51(32-61(95)113)98-87(129)67(102-82(124)50(96-6)24-38(2)3)69(114)42-14-17-55(133-57)48(93)26-42/h13-20,22-23,25-31,38-39,50-51,54,59-60,62,64-78,80-81,90-91,96-97,106-108,112,114-123H,7-12,21,24,32-37H2,1-6H3,(H11-,95,98,99,100,101,102,103,104,109,110,111,113,124,125,126,127,128,129,130,131)/p+1/t39-,50+,51-,54+,59+,60+,62-,64+,65+,66-,67+,68-,69+,70+,71+,72+,73-,74-,75+,76+,77+,78+,80+,81+,90-,91-,92-/m0/s1. The molecule has 11 bridgehead atoms. The number of benzene rings is 5. The molecule has 0 aliphatic carbocycles. The Hall–Kier alpha value is -10.8. The highest BCUT2D eigenvalue weighted by molar-refractivity contribution is 6.32. The third-order valence-corrected chi connectivity index (χ3v) is 25.6. The minimum Gasteiger partial charge on any atom is -0.508 e. The van der Waals surface area contributed by atoms with E-state index in [2.05, 4.69) is 54.0 Å². The molecule has 3 fully saturated rings. The summed E-state index contributed by atoms with van der Waals surface area (Å²) in [6, 6.07) is 0.932. The number of carbonyl (C=O) groups is 9. The zero-order valence-corrected chi connectivity index (χ0v) is 77.6. The molecule has 9 amide bonds. The molecule has 139 heavy (non-hydrogen) atoms. The van der Waals surface area contributed by atoms with Gasteiger partial charge in [-0.25, -0.2) is 4.57 Å². The number of nitrogens with zero attached hydrogens (tertiary/aromatic N) is 1. The van der Waals surface area contributed by atoms with E-state index < -0.39 is 333 Å². The van der Waals surface area contributed by atoms with E-state index in [-0.39, 0.29) is 30.9 Å². The first-order valence-corrected chi connectivity index (χ1v) is 45.9. The summed E-state index contributed by atoms with van der Waals surface area (Å²) in [7, 11) is 1.45. The summed E-state index contributed by atoms with van der Waals surface area (Å²) in [4.78, 5) is 136. The van der Waals surface area contributed by atoms with Crippen LogP contribution in [0.15, 0.2) is 103 Å². The number of phenolic OH excluding ortho intramolecular Hbond substituents is 3. The molecule has 45 nitrogen and oxygen atoms in total. The van der Waals surface area contributed by atoms with Crippen molar-refractivity contribution in [2.45, 2.75) is 270 Å². The van der Waals surface area contributed by atoms with Crippen molar-refractivity contribution in [1.29, 1.82) is 0 Å². The quantitative estimate of drug-likeness (QED) is 0.0157. The predicted molar refractivity (Wildman–Crippen MR) is 481 cm³/mol.